The molecule has 3 aliphatic heterocycles. The van der Waals surface area contributed by atoms with Gasteiger partial charge in [-0.05, 0) is 73.2 Å². The first-order chi connectivity index (χ1) is 18.1. The largest absolute Gasteiger partial charge is 0.493 e. The van der Waals surface area contributed by atoms with Gasteiger partial charge in [0.25, 0.3) is 0 Å². The maximum atomic E-state index is 13.3. The van der Waals surface area contributed by atoms with Crippen LogP contribution < -0.4 is 9.64 Å². The highest BCUT2D eigenvalue weighted by Crippen LogP contribution is 2.42. The Morgan fingerprint density at radius 2 is 2.03 bits per heavy atom. The number of hydrogen-bond acceptors (Lipinski definition) is 6. The molecule has 7 nitrogen and oxygen atoms in total. The smallest absolute Gasteiger partial charge is 0.227 e. The fraction of sp³-hybridized carbons (Fsp3) is 0.276. The second-order valence-electron chi connectivity index (χ2n) is 9.71. The van der Waals surface area contributed by atoms with Gasteiger partial charge in [-0.1, -0.05) is 17.3 Å². The molecule has 0 radical (unpaired) electrons. The summed E-state index contributed by atoms with van der Waals surface area (Å²) in [6.07, 6.45) is 6.32. The molecule has 8 heteroatoms. The number of carbonyl (C=O) groups excluding carboxylic acids is 1. The molecule has 4 aromatic rings. The molecule has 1 atom stereocenters. The van der Waals surface area contributed by atoms with Gasteiger partial charge >= 0.3 is 0 Å². The normalized spacial score (nSPS) is 19.0. The lowest BCUT2D eigenvalue weighted by atomic mass is 10.0. The predicted octanol–water partition coefficient (Wildman–Crippen LogP) is 6.21. The van der Waals surface area contributed by atoms with Gasteiger partial charge in [0.05, 0.1) is 29.4 Å². The molecule has 3 aliphatic rings. The van der Waals surface area contributed by atoms with Crippen molar-refractivity contribution in [3.8, 4) is 16.9 Å². The highest BCUT2D eigenvalue weighted by molar-refractivity contribution is 8.02. The van der Waals surface area contributed by atoms with Gasteiger partial charge in [0.1, 0.15) is 17.3 Å². The number of allylic oxidation sites excluding steroid dienone is 2. The van der Waals surface area contributed by atoms with Crippen molar-refractivity contribution in [2.75, 3.05) is 17.3 Å². The molecule has 2 aromatic carbocycles. The van der Waals surface area contributed by atoms with Crippen molar-refractivity contribution in [2.24, 2.45) is 0 Å². The summed E-state index contributed by atoms with van der Waals surface area (Å²) in [6.45, 7) is 4.59. The summed E-state index contributed by atoms with van der Waals surface area (Å²) in [7, 11) is 0. The number of amides is 1. The molecule has 0 aliphatic carbocycles. The number of anilines is 1. The Labute approximate surface area is 218 Å². The highest BCUT2D eigenvalue weighted by atomic mass is 32.2. The van der Waals surface area contributed by atoms with Crippen LogP contribution in [0, 0.1) is 13.8 Å². The van der Waals surface area contributed by atoms with Crippen LogP contribution in [0.5, 0.6) is 5.75 Å². The van der Waals surface area contributed by atoms with Gasteiger partial charge in [0, 0.05) is 35.5 Å². The molecule has 0 bridgehead atoms. The number of aromatic nitrogens is 3. The standard InChI is InChI=1S/C29H26N4O3S/c1-17-28(18(2)36-31-17)20-5-7-24-23(15-20)30-29(33(24)22-4-3-13-37-16-22)25-8-10-27(34)32(25)21-6-9-26-19(14-21)11-12-35-26/h3-7,9,13-15,25H,8,10-12,16H2,1-2H3/t25-/m0/s1. The molecule has 0 saturated carbocycles. The number of ether oxygens (including phenoxy) is 1. The van der Waals surface area contributed by atoms with Crippen molar-refractivity contribution in [1.82, 2.24) is 14.7 Å². The van der Waals surface area contributed by atoms with Crippen LogP contribution in [0.2, 0.25) is 0 Å². The van der Waals surface area contributed by atoms with Crippen LogP contribution in [0.1, 0.15) is 41.7 Å². The Bertz CT molecular complexity index is 1610. The average molecular weight is 511 g/mol. The summed E-state index contributed by atoms with van der Waals surface area (Å²) in [5.41, 5.74) is 8.07. The van der Waals surface area contributed by atoms with E-state index in [0.717, 1.165) is 80.7 Å². The second-order valence-corrected chi connectivity index (χ2v) is 10.6. The number of nitrogens with zero attached hydrogens (tertiary/aromatic N) is 4. The molecule has 7 rings (SSSR count). The van der Waals surface area contributed by atoms with Gasteiger partial charge in [-0.15, -0.1) is 11.8 Å². The lowest BCUT2D eigenvalue weighted by Crippen LogP contribution is -2.29. The monoisotopic (exact) mass is 510 g/mol. The number of imidazole rings is 1. The minimum absolute atomic E-state index is 0.130. The first-order valence-corrected chi connectivity index (χ1v) is 13.6. The number of hydrogen-bond donors (Lipinski definition) is 0. The van der Waals surface area contributed by atoms with Crippen LogP contribution in [0.3, 0.4) is 0 Å². The zero-order valence-corrected chi connectivity index (χ0v) is 21.5. The van der Waals surface area contributed by atoms with Crippen molar-refractivity contribution in [1.29, 1.82) is 0 Å². The van der Waals surface area contributed by atoms with Crippen molar-refractivity contribution >= 4 is 40.1 Å². The lowest BCUT2D eigenvalue weighted by Gasteiger charge is -2.26. The fourth-order valence-electron chi connectivity index (χ4n) is 5.78. The Morgan fingerprint density at radius 1 is 1.11 bits per heavy atom. The SMILES string of the molecule is Cc1noc(C)c1-c1ccc2c(c1)nc([C@@H]1CCC(=O)N1c1ccc3c(c1)CCO3)n2C1=CC=CSC1. The van der Waals surface area contributed by atoms with Crippen LogP contribution in [0.15, 0.2) is 58.5 Å². The van der Waals surface area contributed by atoms with Crippen LogP contribution in [-0.4, -0.2) is 33.0 Å². The molecule has 186 valence electrons. The molecular weight excluding hydrogens is 484 g/mol. The van der Waals surface area contributed by atoms with Crippen molar-refractivity contribution in [2.45, 2.75) is 39.2 Å². The van der Waals surface area contributed by atoms with Gasteiger partial charge in [-0.3, -0.25) is 9.36 Å². The molecular formula is C29H26N4O3S. The van der Waals surface area contributed by atoms with E-state index in [2.05, 4.69) is 51.5 Å². The van der Waals surface area contributed by atoms with E-state index in [1.807, 2.05) is 30.9 Å². The van der Waals surface area contributed by atoms with E-state index in [9.17, 15) is 4.79 Å². The Kier molecular flexibility index (Phi) is 5.25. The number of rotatable bonds is 4. The quantitative estimate of drug-likeness (QED) is 0.325. The summed E-state index contributed by atoms with van der Waals surface area (Å²) < 4.78 is 13.4. The molecule has 1 fully saturated rings. The minimum atomic E-state index is -0.153. The topological polar surface area (TPSA) is 73.4 Å². The van der Waals surface area contributed by atoms with Crippen molar-refractivity contribution in [3.63, 3.8) is 0 Å². The Hall–Kier alpha value is -3.78. The first-order valence-electron chi connectivity index (χ1n) is 12.6. The van der Waals surface area contributed by atoms with E-state index in [4.69, 9.17) is 14.2 Å². The van der Waals surface area contributed by atoms with Gasteiger partial charge in [0.15, 0.2) is 0 Å². The average Bonchev–Trinajstić information content (AvgIpc) is 3.68. The van der Waals surface area contributed by atoms with E-state index >= 15 is 0 Å². The number of aryl methyl sites for hydroxylation is 2. The fourth-order valence-corrected chi connectivity index (χ4v) is 6.46. The zero-order valence-electron chi connectivity index (χ0n) is 20.7. The van der Waals surface area contributed by atoms with Gasteiger partial charge in [-0.25, -0.2) is 4.98 Å². The van der Waals surface area contributed by atoms with Gasteiger partial charge < -0.3 is 14.2 Å². The summed E-state index contributed by atoms with van der Waals surface area (Å²) in [5, 5.41) is 6.24. The van der Waals surface area contributed by atoms with Crippen molar-refractivity contribution in [3.05, 3.63) is 76.8 Å². The van der Waals surface area contributed by atoms with E-state index in [-0.39, 0.29) is 11.9 Å². The van der Waals surface area contributed by atoms with E-state index < -0.39 is 0 Å². The third kappa shape index (κ3) is 3.62. The predicted molar refractivity (Wildman–Crippen MR) is 146 cm³/mol. The first kappa shape index (κ1) is 22.4. The number of benzene rings is 2. The van der Waals surface area contributed by atoms with Gasteiger partial charge in [-0.2, -0.15) is 0 Å². The molecule has 0 N–H and O–H groups in total. The molecule has 0 spiro atoms. The number of carbonyl (C=O) groups is 1. The molecule has 1 saturated heterocycles. The van der Waals surface area contributed by atoms with E-state index in [1.54, 1.807) is 11.8 Å². The van der Waals surface area contributed by atoms with Crippen LogP contribution in [-0.2, 0) is 11.2 Å². The van der Waals surface area contributed by atoms with Crippen molar-refractivity contribution < 1.29 is 14.1 Å². The zero-order chi connectivity index (χ0) is 25.1. The highest BCUT2D eigenvalue weighted by Gasteiger charge is 2.37. The van der Waals surface area contributed by atoms with Crippen LogP contribution in [0.4, 0.5) is 5.69 Å². The van der Waals surface area contributed by atoms with Gasteiger partial charge in [0.2, 0.25) is 5.91 Å². The number of thioether (sulfide) groups is 1. The third-order valence-corrected chi connectivity index (χ3v) is 8.26. The summed E-state index contributed by atoms with van der Waals surface area (Å²) in [6, 6.07) is 12.3. The molecule has 1 amide bonds. The molecule has 37 heavy (non-hydrogen) atoms. The summed E-state index contributed by atoms with van der Waals surface area (Å²) >= 11 is 1.76. The van der Waals surface area contributed by atoms with E-state index in [0.29, 0.717) is 13.0 Å². The second kappa shape index (κ2) is 8.66. The van der Waals surface area contributed by atoms with E-state index in [1.165, 1.54) is 0 Å². The Morgan fingerprint density at radius 3 is 2.84 bits per heavy atom. The lowest BCUT2D eigenvalue weighted by molar-refractivity contribution is -0.117. The maximum absolute atomic E-state index is 13.3. The maximum Gasteiger partial charge on any atom is 0.227 e. The third-order valence-electron chi connectivity index (χ3n) is 7.45. The minimum Gasteiger partial charge on any atom is -0.493 e. The van der Waals surface area contributed by atoms with Crippen LogP contribution >= 0.6 is 11.8 Å². The molecule has 2 aromatic heterocycles. The summed E-state index contributed by atoms with van der Waals surface area (Å²) in [4.78, 5) is 20.4. The molecule has 0 unspecified atom stereocenters. The Balaban J connectivity index is 1.39. The summed E-state index contributed by atoms with van der Waals surface area (Å²) in [5.74, 6) is 3.59. The number of fused-ring (bicyclic) bond motifs is 2. The molecule has 5 heterocycles. The van der Waals surface area contributed by atoms with Crippen LogP contribution in [0.25, 0.3) is 27.9 Å².